The number of halogens is 1. The highest BCUT2D eigenvalue weighted by Crippen LogP contribution is 2.21. The third kappa shape index (κ3) is 5.78. The van der Waals surface area contributed by atoms with Gasteiger partial charge in [-0.2, -0.15) is 10.4 Å². The molecule has 1 aromatic heterocycles. The molecule has 1 atom stereocenters. The molecule has 2 aromatic carbocycles. The summed E-state index contributed by atoms with van der Waals surface area (Å²) in [6.45, 7) is 3.98. The van der Waals surface area contributed by atoms with Crippen molar-refractivity contribution in [3.8, 4) is 11.8 Å². The van der Waals surface area contributed by atoms with Crippen molar-refractivity contribution in [2.75, 3.05) is 12.3 Å². The number of nitrogens with two attached hydrogens (primary N) is 1. The molecule has 0 spiro atoms. The maximum absolute atomic E-state index is 13.1. The zero-order valence-electron chi connectivity index (χ0n) is 19.1. The van der Waals surface area contributed by atoms with E-state index in [1.165, 1.54) is 28.9 Å². The van der Waals surface area contributed by atoms with E-state index in [0.717, 1.165) is 5.69 Å². The second-order valence-corrected chi connectivity index (χ2v) is 8.16. The number of nitrogen functional groups attached to an aromatic ring is 1. The first kappa shape index (κ1) is 24.5. The van der Waals surface area contributed by atoms with E-state index >= 15 is 0 Å². The van der Waals surface area contributed by atoms with Gasteiger partial charge in [-0.1, -0.05) is 32.0 Å². The summed E-state index contributed by atoms with van der Waals surface area (Å²) < 4.78 is 14.6. The lowest BCUT2D eigenvalue weighted by atomic mass is 10.0. The lowest BCUT2D eigenvalue weighted by Gasteiger charge is -2.21. The van der Waals surface area contributed by atoms with Crippen LogP contribution in [0.5, 0.6) is 0 Å². The fourth-order valence-electron chi connectivity index (χ4n) is 3.48. The van der Waals surface area contributed by atoms with Crippen molar-refractivity contribution in [3.05, 3.63) is 77.2 Å². The number of anilines is 1. The Morgan fingerprint density at radius 2 is 1.82 bits per heavy atom. The second-order valence-electron chi connectivity index (χ2n) is 8.16. The number of hydrogen-bond donors (Lipinski definition) is 3. The number of nitriles is 1. The van der Waals surface area contributed by atoms with Crippen LogP contribution >= 0.6 is 0 Å². The average Bonchev–Trinajstić information content (AvgIpc) is 3.15. The Morgan fingerprint density at radius 3 is 2.44 bits per heavy atom. The van der Waals surface area contributed by atoms with Gasteiger partial charge in [0.1, 0.15) is 29.3 Å². The second kappa shape index (κ2) is 11.1. The predicted molar refractivity (Wildman–Crippen MR) is 127 cm³/mol. The number of para-hydroxylation sites is 1. The van der Waals surface area contributed by atoms with Crippen molar-refractivity contribution < 1.29 is 14.0 Å². The van der Waals surface area contributed by atoms with E-state index in [1.807, 2.05) is 44.2 Å². The fraction of sp³-hybridized carbons (Fsp3) is 0.280. The molecule has 176 valence electrons. The first-order chi connectivity index (χ1) is 16.3. The Hall–Kier alpha value is -4.19. The minimum absolute atomic E-state index is 0.157. The van der Waals surface area contributed by atoms with Gasteiger partial charge in [0.05, 0.1) is 11.4 Å². The Kier molecular flexibility index (Phi) is 7.98. The number of nitrogens with one attached hydrogen (secondary N) is 2. The topological polar surface area (TPSA) is 126 Å². The number of carbonyl (C=O) groups is 2. The van der Waals surface area contributed by atoms with Gasteiger partial charge in [-0.05, 0) is 55.2 Å². The summed E-state index contributed by atoms with van der Waals surface area (Å²) in [5.74, 6) is -1.09. The quantitative estimate of drug-likeness (QED) is 0.422. The standard InChI is InChI=1S/C25H27FN6O2/c1-16(2)22(30-24(33)17-10-12-18(26)13-11-17)25(34)29-14-6-9-21-20(15-27)23(28)32(31-21)19-7-4-3-5-8-19/h3-5,7-8,10-13,16,22H,6,9,14,28H2,1-2H3,(H,29,34)(H,30,33). The van der Waals surface area contributed by atoms with E-state index < -0.39 is 17.8 Å². The zero-order valence-corrected chi connectivity index (χ0v) is 19.1. The summed E-state index contributed by atoms with van der Waals surface area (Å²) in [5, 5.41) is 19.5. The molecule has 9 heteroatoms. The van der Waals surface area contributed by atoms with Gasteiger partial charge >= 0.3 is 0 Å². The number of benzene rings is 2. The lowest BCUT2D eigenvalue weighted by Crippen LogP contribution is -2.49. The molecule has 1 heterocycles. The Bertz CT molecular complexity index is 1180. The Labute approximate surface area is 197 Å². The van der Waals surface area contributed by atoms with E-state index in [0.29, 0.717) is 30.6 Å². The molecule has 0 bridgehead atoms. The molecule has 0 aliphatic heterocycles. The maximum Gasteiger partial charge on any atom is 0.251 e. The first-order valence-corrected chi connectivity index (χ1v) is 11.0. The summed E-state index contributed by atoms with van der Waals surface area (Å²) >= 11 is 0. The lowest BCUT2D eigenvalue weighted by molar-refractivity contribution is -0.123. The van der Waals surface area contributed by atoms with Crippen LogP contribution in [0.25, 0.3) is 5.69 Å². The monoisotopic (exact) mass is 462 g/mol. The number of aromatic nitrogens is 2. The van der Waals surface area contributed by atoms with Gasteiger partial charge in [0.15, 0.2) is 0 Å². The largest absolute Gasteiger partial charge is 0.382 e. The Morgan fingerprint density at radius 1 is 1.15 bits per heavy atom. The third-order valence-corrected chi connectivity index (χ3v) is 5.34. The van der Waals surface area contributed by atoms with Gasteiger partial charge < -0.3 is 16.4 Å². The molecule has 0 aliphatic carbocycles. The van der Waals surface area contributed by atoms with Crippen LogP contribution in [-0.4, -0.2) is 34.2 Å². The van der Waals surface area contributed by atoms with Crippen molar-refractivity contribution in [2.24, 2.45) is 5.92 Å². The van der Waals surface area contributed by atoms with Crippen molar-refractivity contribution in [1.29, 1.82) is 5.26 Å². The van der Waals surface area contributed by atoms with Crippen molar-refractivity contribution in [2.45, 2.75) is 32.7 Å². The molecule has 2 amide bonds. The van der Waals surface area contributed by atoms with Crippen molar-refractivity contribution in [3.63, 3.8) is 0 Å². The van der Waals surface area contributed by atoms with E-state index in [-0.39, 0.29) is 23.2 Å². The molecule has 0 radical (unpaired) electrons. The normalized spacial score (nSPS) is 11.6. The minimum atomic E-state index is -0.750. The van der Waals surface area contributed by atoms with Crippen LogP contribution in [0.4, 0.5) is 10.2 Å². The highest BCUT2D eigenvalue weighted by molar-refractivity contribution is 5.97. The number of hydrogen-bond acceptors (Lipinski definition) is 5. The SMILES string of the molecule is CC(C)C(NC(=O)c1ccc(F)cc1)C(=O)NCCCc1nn(-c2ccccc2)c(N)c1C#N. The zero-order chi connectivity index (χ0) is 24.7. The van der Waals surface area contributed by atoms with E-state index in [9.17, 15) is 19.2 Å². The van der Waals surface area contributed by atoms with Gasteiger partial charge in [0.2, 0.25) is 5.91 Å². The molecule has 34 heavy (non-hydrogen) atoms. The molecular weight excluding hydrogens is 435 g/mol. The summed E-state index contributed by atoms with van der Waals surface area (Å²) in [6, 6.07) is 15.8. The molecule has 1 unspecified atom stereocenters. The molecule has 0 saturated heterocycles. The van der Waals surface area contributed by atoms with Gasteiger partial charge in [-0.25, -0.2) is 9.07 Å². The number of carbonyl (C=O) groups excluding carboxylic acids is 2. The molecule has 4 N–H and O–H groups in total. The number of nitrogens with zero attached hydrogens (tertiary/aromatic N) is 3. The van der Waals surface area contributed by atoms with Crippen LogP contribution in [-0.2, 0) is 11.2 Å². The van der Waals surface area contributed by atoms with E-state index in [2.05, 4.69) is 21.8 Å². The van der Waals surface area contributed by atoms with Crippen LogP contribution in [0.2, 0.25) is 0 Å². The van der Waals surface area contributed by atoms with Gasteiger partial charge in [-0.15, -0.1) is 0 Å². The van der Waals surface area contributed by atoms with Crippen LogP contribution in [0.3, 0.4) is 0 Å². The summed E-state index contributed by atoms with van der Waals surface area (Å²) in [5.41, 5.74) is 8.03. The fourth-order valence-corrected chi connectivity index (χ4v) is 3.48. The average molecular weight is 463 g/mol. The van der Waals surface area contributed by atoms with Gasteiger partial charge in [0, 0.05) is 12.1 Å². The molecule has 0 saturated carbocycles. The Balaban J connectivity index is 1.58. The van der Waals surface area contributed by atoms with Crippen LogP contribution in [0.15, 0.2) is 54.6 Å². The molecule has 8 nitrogen and oxygen atoms in total. The van der Waals surface area contributed by atoms with Crippen LogP contribution in [0.1, 0.15) is 41.9 Å². The van der Waals surface area contributed by atoms with Crippen molar-refractivity contribution >= 4 is 17.6 Å². The van der Waals surface area contributed by atoms with Gasteiger partial charge in [0.25, 0.3) is 5.91 Å². The van der Waals surface area contributed by atoms with Crippen LogP contribution in [0, 0.1) is 23.1 Å². The summed E-state index contributed by atoms with van der Waals surface area (Å²) in [7, 11) is 0. The van der Waals surface area contributed by atoms with Crippen molar-refractivity contribution in [1.82, 2.24) is 20.4 Å². The minimum Gasteiger partial charge on any atom is -0.382 e. The molecule has 3 rings (SSSR count). The highest BCUT2D eigenvalue weighted by atomic mass is 19.1. The van der Waals surface area contributed by atoms with E-state index in [1.54, 1.807) is 0 Å². The number of amides is 2. The predicted octanol–water partition coefficient (Wildman–Crippen LogP) is 2.97. The number of aryl methyl sites for hydroxylation is 1. The highest BCUT2D eigenvalue weighted by Gasteiger charge is 2.24. The molecular formula is C25H27FN6O2. The third-order valence-electron chi connectivity index (χ3n) is 5.34. The van der Waals surface area contributed by atoms with E-state index in [4.69, 9.17) is 5.73 Å². The summed E-state index contributed by atoms with van der Waals surface area (Å²) in [6.07, 6.45) is 0.976. The smallest absolute Gasteiger partial charge is 0.251 e. The first-order valence-electron chi connectivity index (χ1n) is 11.0. The molecule has 0 fully saturated rings. The summed E-state index contributed by atoms with van der Waals surface area (Å²) in [4.78, 5) is 25.2. The van der Waals surface area contributed by atoms with Crippen LogP contribution < -0.4 is 16.4 Å². The number of rotatable bonds is 9. The maximum atomic E-state index is 13.1. The van der Waals surface area contributed by atoms with Gasteiger partial charge in [-0.3, -0.25) is 9.59 Å². The molecule has 0 aliphatic rings. The molecule has 3 aromatic rings.